The summed E-state index contributed by atoms with van der Waals surface area (Å²) in [4.78, 5) is 11.1. The lowest BCUT2D eigenvalue weighted by Gasteiger charge is -2.08. The Morgan fingerprint density at radius 1 is 1.24 bits per heavy atom. The number of rotatable bonds is 4. The molecule has 0 atom stereocenters. The van der Waals surface area contributed by atoms with Crippen molar-refractivity contribution in [3.8, 4) is 22.8 Å². The van der Waals surface area contributed by atoms with Crippen LogP contribution in [-0.4, -0.2) is 29.3 Å². The van der Waals surface area contributed by atoms with Gasteiger partial charge in [-0.05, 0) is 24.3 Å². The fourth-order valence-electron chi connectivity index (χ4n) is 2.26. The van der Waals surface area contributed by atoms with Gasteiger partial charge in [-0.25, -0.2) is 0 Å². The van der Waals surface area contributed by atoms with E-state index in [0.29, 0.717) is 25.5 Å². The van der Waals surface area contributed by atoms with Crippen LogP contribution in [-0.2, 0) is 6.54 Å². The number of allylic oxidation sites excluding steroid dienone is 1. The topological polar surface area (TPSA) is 53.4 Å². The third-order valence-corrected chi connectivity index (χ3v) is 3.28. The van der Waals surface area contributed by atoms with Gasteiger partial charge in [0.1, 0.15) is 5.69 Å². The molecule has 2 aromatic rings. The van der Waals surface area contributed by atoms with Crippen molar-refractivity contribution in [2.45, 2.75) is 13.0 Å². The normalized spacial score (nSPS) is 13.5. The van der Waals surface area contributed by atoms with Gasteiger partial charge in [0.2, 0.25) is 0 Å². The maximum atomic E-state index is 11.1. The van der Waals surface area contributed by atoms with E-state index >= 15 is 0 Å². The Bertz CT molecular complexity index is 676. The molecular weight excluding hydrogens is 268 g/mol. The average molecular weight is 284 g/mol. The number of carbonyl (C=O) groups is 1. The van der Waals surface area contributed by atoms with E-state index in [4.69, 9.17) is 9.47 Å². The number of aldehydes is 1. The van der Waals surface area contributed by atoms with Crippen molar-refractivity contribution < 1.29 is 14.3 Å². The van der Waals surface area contributed by atoms with Crippen LogP contribution in [0.4, 0.5) is 0 Å². The number of hydrogen-bond acceptors (Lipinski definition) is 4. The van der Waals surface area contributed by atoms with E-state index in [1.54, 1.807) is 16.8 Å². The van der Waals surface area contributed by atoms with E-state index < -0.39 is 0 Å². The molecule has 1 aromatic heterocycles. The minimum atomic E-state index is 0.499. The van der Waals surface area contributed by atoms with Crippen LogP contribution >= 0.6 is 0 Å². The predicted molar refractivity (Wildman–Crippen MR) is 78.9 cm³/mol. The maximum Gasteiger partial charge on any atom is 0.168 e. The molecule has 0 bridgehead atoms. The number of fused-ring (bicyclic) bond motifs is 1. The number of benzene rings is 1. The molecule has 0 saturated carbocycles. The van der Waals surface area contributed by atoms with E-state index in [1.807, 2.05) is 18.2 Å². The first-order valence-corrected chi connectivity index (χ1v) is 6.86. The summed E-state index contributed by atoms with van der Waals surface area (Å²) in [5, 5.41) is 4.43. The first kappa shape index (κ1) is 13.4. The Morgan fingerprint density at radius 3 is 2.81 bits per heavy atom. The summed E-state index contributed by atoms with van der Waals surface area (Å²) in [6, 6.07) is 7.46. The van der Waals surface area contributed by atoms with E-state index in [0.717, 1.165) is 35.5 Å². The smallest absolute Gasteiger partial charge is 0.168 e. The standard InChI is InChI=1S/C16H16N2O3/c1-2-6-18-13(11-19)10-14(17-18)12-4-5-15-16(9-12)21-8-3-7-20-15/h2,4-5,9-11H,1,3,6-8H2. The van der Waals surface area contributed by atoms with Crippen LogP contribution in [0.3, 0.4) is 0 Å². The van der Waals surface area contributed by atoms with Crippen LogP contribution in [0.5, 0.6) is 11.5 Å². The molecule has 3 rings (SSSR count). The Morgan fingerprint density at radius 2 is 2.05 bits per heavy atom. The average Bonchev–Trinajstić information content (AvgIpc) is 2.76. The third-order valence-electron chi connectivity index (χ3n) is 3.28. The second-order valence-electron chi connectivity index (χ2n) is 4.76. The molecule has 0 aliphatic carbocycles. The molecule has 0 fully saturated rings. The van der Waals surface area contributed by atoms with E-state index in [-0.39, 0.29) is 0 Å². The number of nitrogens with zero attached hydrogens (tertiary/aromatic N) is 2. The van der Waals surface area contributed by atoms with Crippen LogP contribution in [0.25, 0.3) is 11.3 Å². The Labute approximate surface area is 122 Å². The van der Waals surface area contributed by atoms with Crippen LogP contribution in [0.1, 0.15) is 16.9 Å². The van der Waals surface area contributed by atoms with Gasteiger partial charge in [0.15, 0.2) is 17.8 Å². The van der Waals surface area contributed by atoms with Crippen molar-refractivity contribution in [1.82, 2.24) is 9.78 Å². The zero-order chi connectivity index (χ0) is 14.7. The minimum absolute atomic E-state index is 0.499. The minimum Gasteiger partial charge on any atom is -0.490 e. The number of ether oxygens (including phenoxy) is 2. The molecule has 2 heterocycles. The molecule has 0 spiro atoms. The van der Waals surface area contributed by atoms with Crippen LogP contribution in [0.2, 0.25) is 0 Å². The van der Waals surface area contributed by atoms with E-state index in [1.165, 1.54) is 0 Å². The Kier molecular flexibility index (Phi) is 3.73. The van der Waals surface area contributed by atoms with Crippen molar-refractivity contribution in [2.75, 3.05) is 13.2 Å². The molecule has 0 unspecified atom stereocenters. The second kappa shape index (κ2) is 5.83. The fourth-order valence-corrected chi connectivity index (χ4v) is 2.26. The molecule has 1 aliphatic rings. The summed E-state index contributed by atoms with van der Waals surface area (Å²) in [6.07, 6.45) is 3.37. The van der Waals surface area contributed by atoms with Crippen molar-refractivity contribution in [1.29, 1.82) is 0 Å². The van der Waals surface area contributed by atoms with Crippen molar-refractivity contribution in [3.05, 3.63) is 42.6 Å². The summed E-state index contributed by atoms with van der Waals surface area (Å²) in [5.74, 6) is 1.47. The van der Waals surface area contributed by atoms with Crippen LogP contribution in [0, 0.1) is 0 Å². The van der Waals surface area contributed by atoms with Gasteiger partial charge >= 0.3 is 0 Å². The molecule has 108 valence electrons. The van der Waals surface area contributed by atoms with Gasteiger partial charge in [0, 0.05) is 12.0 Å². The molecule has 5 nitrogen and oxygen atoms in total. The van der Waals surface area contributed by atoms with E-state index in [9.17, 15) is 4.79 Å². The highest BCUT2D eigenvalue weighted by molar-refractivity contribution is 5.76. The molecule has 1 aliphatic heterocycles. The number of carbonyl (C=O) groups excluding carboxylic acids is 1. The summed E-state index contributed by atoms with van der Waals surface area (Å²) in [7, 11) is 0. The Hall–Kier alpha value is -2.56. The third kappa shape index (κ3) is 2.67. The lowest BCUT2D eigenvalue weighted by molar-refractivity contribution is 0.111. The fraction of sp³-hybridized carbons (Fsp3) is 0.250. The van der Waals surface area contributed by atoms with Gasteiger partial charge in [0.05, 0.1) is 25.5 Å². The van der Waals surface area contributed by atoms with Crippen molar-refractivity contribution >= 4 is 6.29 Å². The first-order valence-electron chi connectivity index (χ1n) is 6.86. The van der Waals surface area contributed by atoms with Gasteiger partial charge in [-0.15, -0.1) is 6.58 Å². The molecular formula is C16H16N2O3. The van der Waals surface area contributed by atoms with Gasteiger partial charge < -0.3 is 9.47 Å². The summed E-state index contributed by atoms with van der Waals surface area (Å²) < 4.78 is 12.9. The van der Waals surface area contributed by atoms with E-state index in [2.05, 4.69) is 11.7 Å². The molecule has 0 radical (unpaired) electrons. The van der Waals surface area contributed by atoms with Gasteiger partial charge in [-0.1, -0.05) is 6.08 Å². The lowest BCUT2D eigenvalue weighted by atomic mass is 10.1. The highest BCUT2D eigenvalue weighted by Crippen LogP contribution is 2.33. The molecule has 0 amide bonds. The molecule has 0 saturated heterocycles. The SMILES string of the molecule is C=CCn1nc(-c2ccc3c(c2)OCCCO3)cc1C=O. The zero-order valence-electron chi connectivity index (χ0n) is 11.6. The monoisotopic (exact) mass is 284 g/mol. The molecule has 21 heavy (non-hydrogen) atoms. The quantitative estimate of drug-likeness (QED) is 0.640. The van der Waals surface area contributed by atoms with Gasteiger partial charge in [-0.3, -0.25) is 9.48 Å². The number of hydrogen-bond donors (Lipinski definition) is 0. The van der Waals surface area contributed by atoms with Gasteiger partial charge in [0.25, 0.3) is 0 Å². The number of aromatic nitrogens is 2. The maximum absolute atomic E-state index is 11.1. The molecule has 0 N–H and O–H groups in total. The molecule has 5 heteroatoms. The van der Waals surface area contributed by atoms with Crippen LogP contribution in [0.15, 0.2) is 36.9 Å². The zero-order valence-corrected chi connectivity index (χ0v) is 11.6. The predicted octanol–water partition coefficient (Wildman–Crippen LogP) is 2.71. The van der Waals surface area contributed by atoms with Crippen LogP contribution < -0.4 is 9.47 Å². The Balaban J connectivity index is 1.98. The van der Waals surface area contributed by atoms with Crippen molar-refractivity contribution in [2.24, 2.45) is 0 Å². The molecule has 1 aromatic carbocycles. The summed E-state index contributed by atoms with van der Waals surface area (Å²) in [6.45, 7) is 5.47. The summed E-state index contributed by atoms with van der Waals surface area (Å²) in [5.41, 5.74) is 2.15. The second-order valence-corrected chi connectivity index (χ2v) is 4.76. The van der Waals surface area contributed by atoms with Crippen molar-refractivity contribution in [3.63, 3.8) is 0 Å². The highest BCUT2D eigenvalue weighted by Gasteiger charge is 2.14. The highest BCUT2D eigenvalue weighted by atomic mass is 16.5. The first-order chi connectivity index (χ1) is 10.3. The lowest BCUT2D eigenvalue weighted by Crippen LogP contribution is -2.01. The largest absolute Gasteiger partial charge is 0.490 e. The summed E-state index contributed by atoms with van der Waals surface area (Å²) >= 11 is 0. The van der Waals surface area contributed by atoms with Gasteiger partial charge in [-0.2, -0.15) is 5.10 Å².